The largest absolute Gasteiger partial charge is 0.444 e. The number of carbonyl (C=O) groups excluding carboxylic acids is 1. The number of alkyl carbamates (subject to hydrolysis) is 1. The Kier molecular flexibility index (Phi) is 4.80. The second-order valence-electron chi connectivity index (χ2n) is 5.73. The van der Waals surface area contributed by atoms with Gasteiger partial charge in [-0.25, -0.2) is 4.79 Å². The number of hydrogen-bond acceptors (Lipinski definition) is 4. The van der Waals surface area contributed by atoms with Crippen molar-refractivity contribution in [2.75, 3.05) is 11.9 Å². The van der Waals surface area contributed by atoms with Crippen molar-refractivity contribution in [2.45, 2.75) is 46.3 Å². The van der Waals surface area contributed by atoms with Crippen LogP contribution in [0.1, 0.15) is 33.4 Å². The van der Waals surface area contributed by atoms with E-state index in [4.69, 9.17) is 4.74 Å². The molecule has 1 aromatic heterocycles. The maximum absolute atomic E-state index is 11.5. The summed E-state index contributed by atoms with van der Waals surface area (Å²) in [5.41, 5.74) is 1.44. The van der Waals surface area contributed by atoms with Crippen LogP contribution in [0.4, 0.5) is 10.5 Å². The molecule has 0 bridgehead atoms. The van der Waals surface area contributed by atoms with Gasteiger partial charge in [0.05, 0.1) is 11.4 Å². The van der Waals surface area contributed by atoms with Crippen molar-refractivity contribution in [3.05, 3.63) is 11.9 Å². The number of carbonyl (C=O) groups is 1. The topological polar surface area (TPSA) is 68.2 Å². The molecule has 0 saturated carbocycles. The number of aryl methyl sites for hydroxylation is 2. The van der Waals surface area contributed by atoms with Gasteiger partial charge in [0.2, 0.25) is 0 Å². The molecule has 0 fully saturated rings. The second-order valence-corrected chi connectivity index (χ2v) is 5.73. The summed E-state index contributed by atoms with van der Waals surface area (Å²) in [6, 6.07) is 0.0930. The molecule has 0 aliphatic heterocycles. The number of rotatable bonds is 4. The lowest BCUT2D eigenvalue weighted by Crippen LogP contribution is -2.38. The highest BCUT2D eigenvalue weighted by molar-refractivity contribution is 5.67. The summed E-state index contributed by atoms with van der Waals surface area (Å²) < 4.78 is 6.93. The molecule has 0 aliphatic rings. The Morgan fingerprint density at radius 2 is 2.16 bits per heavy atom. The van der Waals surface area contributed by atoms with E-state index < -0.39 is 11.7 Å². The molecule has 6 heteroatoms. The quantitative estimate of drug-likeness (QED) is 0.877. The van der Waals surface area contributed by atoms with Crippen molar-refractivity contribution in [2.24, 2.45) is 7.05 Å². The zero-order valence-electron chi connectivity index (χ0n) is 12.6. The molecule has 0 aromatic carbocycles. The molecule has 1 atom stereocenters. The van der Waals surface area contributed by atoms with E-state index in [0.29, 0.717) is 6.54 Å². The van der Waals surface area contributed by atoms with Gasteiger partial charge in [-0.05, 0) is 34.6 Å². The second kappa shape index (κ2) is 5.95. The number of amides is 1. The van der Waals surface area contributed by atoms with Crippen molar-refractivity contribution in [3.8, 4) is 0 Å². The van der Waals surface area contributed by atoms with E-state index in [-0.39, 0.29) is 6.04 Å². The SMILES string of the molecule is Cc1nn(C)cc1NC(C)CNC(=O)OC(C)(C)C. The minimum absolute atomic E-state index is 0.0930. The lowest BCUT2D eigenvalue weighted by molar-refractivity contribution is 0.0526. The molecule has 0 radical (unpaired) electrons. The first-order valence-electron chi connectivity index (χ1n) is 6.41. The number of aromatic nitrogens is 2. The predicted octanol–water partition coefficient (Wildman–Crippen LogP) is 2.05. The summed E-state index contributed by atoms with van der Waals surface area (Å²) in [5, 5.41) is 10.3. The number of hydrogen-bond donors (Lipinski definition) is 2. The van der Waals surface area contributed by atoms with Gasteiger partial charge in [-0.3, -0.25) is 4.68 Å². The third kappa shape index (κ3) is 5.63. The van der Waals surface area contributed by atoms with Gasteiger partial charge in [0.15, 0.2) is 0 Å². The van der Waals surface area contributed by atoms with Crippen LogP contribution in [0, 0.1) is 6.92 Å². The molecular weight excluding hydrogens is 244 g/mol. The Hall–Kier alpha value is -1.72. The third-order valence-electron chi connectivity index (χ3n) is 2.37. The van der Waals surface area contributed by atoms with Crippen LogP contribution in [0.5, 0.6) is 0 Å². The molecule has 1 heterocycles. The van der Waals surface area contributed by atoms with Gasteiger partial charge >= 0.3 is 6.09 Å². The van der Waals surface area contributed by atoms with Crippen LogP contribution in [0.25, 0.3) is 0 Å². The first-order chi connectivity index (χ1) is 8.67. The Balaban J connectivity index is 2.38. The van der Waals surface area contributed by atoms with Crippen LogP contribution in [0.3, 0.4) is 0 Å². The number of ether oxygens (including phenoxy) is 1. The third-order valence-corrected chi connectivity index (χ3v) is 2.37. The van der Waals surface area contributed by atoms with E-state index in [9.17, 15) is 4.79 Å². The summed E-state index contributed by atoms with van der Waals surface area (Å²) in [4.78, 5) is 11.5. The lowest BCUT2D eigenvalue weighted by atomic mass is 10.2. The van der Waals surface area contributed by atoms with Crippen LogP contribution in [0.2, 0.25) is 0 Å². The van der Waals surface area contributed by atoms with Crippen LogP contribution >= 0.6 is 0 Å². The first-order valence-corrected chi connectivity index (χ1v) is 6.41. The molecule has 2 N–H and O–H groups in total. The van der Waals surface area contributed by atoms with Gasteiger partial charge < -0.3 is 15.4 Å². The number of nitrogens with one attached hydrogen (secondary N) is 2. The fourth-order valence-corrected chi connectivity index (χ4v) is 1.61. The molecule has 1 rings (SSSR count). The molecule has 1 amide bonds. The predicted molar refractivity (Wildman–Crippen MR) is 75.3 cm³/mol. The van der Waals surface area contributed by atoms with Gasteiger partial charge in [0.25, 0.3) is 0 Å². The van der Waals surface area contributed by atoms with E-state index in [2.05, 4.69) is 15.7 Å². The van der Waals surface area contributed by atoms with Crippen LogP contribution in [-0.4, -0.2) is 34.1 Å². The average molecular weight is 268 g/mol. The van der Waals surface area contributed by atoms with E-state index in [1.54, 1.807) is 4.68 Å². The molecule has 19 heavy (non-hydrogen) atoms. The maximum Gasteiger partial charge on any atom is 0.407 e. The van der Waals surface area contributed by atoms with Crippen molar-refractivity contribution in [1.29, 1.82) is 0 Å². The average Bonchev–Trinajstić information content (AvgIpc) is 2.52. The zero-order valence-corrected chi connectivity index (χ0v) is 12.6. The van der Waals surface area contributed by atoms with Crippen molar-refractivity contribution >= 4 is 11.8 Å². The summed E-state index contributed by atoms with van der Waals surface area (Å²) >= 11 is 0. The zero-order chi connectivity index (χ0) is 14.6. The molecule has 1 aromatic rings. The highest BCUT2D eigenvalue weighted by Gasteiger charge is 2.16. The normalized spacial score (nSPS) is 12.9. The van der Waals surface area contributed by atoms with E-state index >= 15 is 0 Å². The fraction of sp³-hybridized carbons (Fsp3) is 0.692. The molecule has 1 unspecified atom stereocenters. The highest BCUT2D eigenvalue weighted by atomic mass is 16.6. The smallest absolute Gasteiger partial charge is 0.407 e. The van der Waals surface area contributed by atoms with E-state index in [0.717, 1.165) is 11.4 Å². The number of anilines is 1. The van der Waals surface area contributed by atoms with E-state index in [1.807, 2.05) is 47.9 Å². The summed E-state index contributed by atoms with van der Waals surface area (Å²) in [5.74, 6) is 0. The molecule has 0 aliphatic carbocycles. The first kappa shape index (κ1) is 15.3. The standard InChI is InChI=1S/C13H24N4O2/c1-9(7-14-12(18)19-13(3,4)5)15-11-8-17(6)16-10(11)2/h8-9,15H,7H2,1-6H3,(H,14,18). The monoisotopic (exact) mass is 268 g/mol. The molecule has 6 nitrogen and oxygen atoms in total. The van der Waals surface area contributed by atoms with Crippen molar-refractivity contribution in [1.82, 2.24) is 15.1 Å². The Morgan fingerprint density at radius 1 is 1.53 bits per heavy atom. The van der Waals surface area contributed by atoms with Crippen molar-refractivity contribution in [3.63, 3.8) is 0 Å². The van der Waals surface area contributed by atoms with Gasteiger partial charge in [-0.2, -0.15) is 5.10 Å². The maximum atomic E-state index is 11.5. The van der Waals surface area contributed by atoms with Crippen LogP contribution in [-0.2, 0) is 11.8 Å². The van der Waals surface area contributed by atoms with E-state index in [1.165, 1.54) is 0 Å². The lowest BCUT2D eigenvalue weighted by Gasteiger charge is -2.21. The Labute approximate surface area is 114 Å². The van der Waals surface area contributed by atoms with Gasteiger partial charge in [0.1, 0.15) is 5.60 Å². The molecule has 0 spiro atoms. The Morgan fingerprint density at radius 3 is 2.63 bits per heavy atom. The van der Waals surface area contributed by atoms with Gasteiger partial charge in [-0.15, -0.1) is 0 Å². The minimum Gasteiger partial charge on any atom is -0.444 e. The van der Waals surface area contributed by atoms with Gasteiger partial charge in [-0.1, -0.05) is 0 Å². The van der Waals surface area contributed by atoms with Crippen LogP contribution in [0.15, 0.2) is 6.20 Å². The minimum atomic E-state index is -0.472. The molecule has 0 saturated heterocycles. The Bertz CT molecular complexity index is 434. The fourth-order valence-electron chi connectivity index (χ4n) is 1.61. The highest BCUT2D eigenvalue weighted by Crippen LogP contribution is 2.12. The number of nitrogens with zero attached hydrogens (tertiary/aromatic N) is 2. The summed E-state index contributed by atoms with van der Waals surface area (Å²) in [7, 11) is 1.88. The molecular formula is C13H24N4O2. The van der Waals surface area contributed by atoms with Gasteiger partial charge in [0, 0.05) is 25.8 Å². The summed E-state index contributed by atoms with van der Waals surface area (Å²) in [6.07, 6.45) is 1.52. The summed E-state index contributed by atoms with van der Waals surface area (Å²) in [6.45, 7) is 9.94. The van der Waals surface area contributed by atoms with Crippen LogP contribution < -0.4 is 10.6 Å². The van der Waals surface area contributed by atoms with Crippen molar-refractivity contribution < 1.29 is 9.53 Å². The molecule has 108 valence electrons.